The molecular formula is C9H12N6. The summed E-state index contributed by atoms with van der Waals surface area (Å²) < 4.78 is 1.67. The highest BCUT2D eigenvalue weighted by Crippen LogP contribution is 2.37. The first kappa shape index (κ1) is 8.58. The highest BCUT2D eigenvalue weighted by atomic mass is 15.5. The monoisotopic (exact) mass is 204 g/mol. The summed E-state index contributed by atoms with van der Waals surface area (Å²) in [6.45, 7) is 3.24. The molecule has 2 atom stereocenters. The van der Waals surface area contributed by atoms with Gasteiger partial charge in [0.25, 0.3) is 0 Å². The van der Waals surface area contributed by atoms with Crippen LogP contribution in [0.2, 0.25) is 0 Å². The largest absolute Gasteiger partial charge is 0.368 e. The fraction of sp³-hybridized carbons (Fsp3) is 0.556. The summed E-state index contributed by atoms with van der Waals surface area (Å²) in [6, 6.07) is 0. The summed E-state index contributed by atoms with van der Waals surface area (Å²) in [6.07, 6.45) is 4.70. The molecule has 0 amide bonds. The van der Waals surface area contributed by atoms with Crippen molar-refractivity contribution in [3.63, 3.8) is 0 Å². The van der Waals surface area contributed by atoms with E-state index < -0.39 is 0 Å². The summed E-state index contributed by atoms with van der Waals surface area (Å²) >= 11 is 0. The van der Waals surface area contributed by atoms with E-state index in [4.69, 9.17) is 0 Å². The fourth-order valence-corrected chi connectivity index (χ4v) is 1.72. The van der Waals surface area contributed by atoms with Gasteiger partial charge in [0.2, 0.25) is 0 Å². The smallest absolute Gasteiger partial charge is 0.199 e. The maximum atomic E-state index is 4.08. The van der Waals surface area contributed by atoms with E-state index in [0.717, 1.165) is 24.2 Å². The minimum absolute atomic E-state index is 0.670. The molecule has 6 nitrogen and oxygen atoms in total. The lowest BCUT2D eigenvalue weighted by Crippen LogP contribution is -2.09. The van der Waals surface area contributed by atoms with Crippen molar-refractivity contribution < 1.29 is 0 Å². The molecule has 3 rings (SSSR count). The SMILES string of the molecule is CC1CC1CNc1cncc2nnnn12. The van der Waals surface area contributed by atoms with Crippen molar-refractivity contribution in [1.29, 1.82) is 0 Å². The van der Waals surface area contributed by atoms with E-state index in [1.165, 1.54) is 6.42 Å². The Labute approximate surface area is 86.7 Å². The molecule has 0 saturated heterocycles. The Hall–Kier alpha value is -1.72. The molecule has 0 bridgehead atoms. The third-order valence-electron chi connectivity index (χ3n) is 2.93. The standard InChI is InChI=1S/C9H12N6/c1-6-2-7(6)3-11-8-4-10-5-9-12-13-14-15(8)9/h4-7,11H,2-3H2,1H3. The van der Waals surface area contributed by atoms with Gasteiger partial charge in [-0.25, -0.2) is 0 Å². The molecule has 78 valence electrons. The van der Waals surface area contributed by atoms with E-state index >= 15 is 0 Å². The van der Waals surface area contributed by atoms with Crippen molar-refractivity contribution in [2.75, 3.05) is 11.9 Å². The van der Waals surface area contributed by atoms with Gasteiger partial charge >= 0.3 is 0 Å². The number of hydrogen-bond donors (Lipinski definition) is 1. The number of aromatic nitrogens is 5. The van der Waals surface area contributed by atoms with Crippen LogP contribution in [-0.4, -0.2) is 31.6 Å². The van der Waals surface area contributed by atoms with E-state index in [1.54, 1.807) is 16.9 Å². The summed E-state index contributed by atoms with van der Waals surface area (Å²) in [4.78, 5) is 4.08. The Balaban J connectivity index is 1.81. The predicted molar refractivity (Wildman–Crippen MR) is 54.3 cm³/mol. The van der Waals surface area contributed by atoms with Crippen LogP contribution in [0.25, 0.3) is 5.65 Å². The Morgan fingerprint density at radius 3 is 3.20 bits per heavy atom. The van der Waals surface area contributed by atoms with Gasteiger partial charge in [-0.3, -0.25) is 4.98 Å². The van der Waals surface area contributed by atoms with Crippen molar-refractivity contribution in [3.8, 4) is 0 Å². The van der Waals surface area contributed by atoms with Crippen molar-refractivity contribution >= 4 is 11.5 Å². The molecule has 2 aromatic rings. The van der Waals surface area contributed by atoms with Crippen LogP contribution in [0.15, 0.2) is 12.4 Å². The zero-order valence-electron chi connectivity index (χ0n) is 8.46. The third kappa shape index (κ3) is 1.51. The topological polar surface area (TPSA) is 68.0 Å². The van der Waals surface area contributed by atoms with Crippen LogP contribution >= 0.6 is 0 Å². The van der Waals surface area contributed by atoms with Crippen molar-refractivity contribution in [2.45, 2.75) is 13.3 Å². The average Bonchev–Trinajstić information content (AvgIpc) is 2.78. The second-order valence-electron chi connectivity index (χ2n) is 4.10. The molecule has 1 aliphatic carbocycles. The van der Waals surface area contributed by atoms with Crippen LogP contribution in [0.1, 0.15) is 13.3 Å². The minimum Gasteiger partial charge on any atom is -0.368 e. The first-order chi connectivity index (χ1) is 7.34. The summed E-state index contributed by atoms with van der Waals surface area (Å²) in [5.74, 6) is 2.49. The Morgan fingerprint density at radius 1 is 1.53 bits per heavy atom. The maximum absolute atomic E-state index is 4.08. The van der Waals surface area contributed by atoms with Crippen LogP contribution in [-0.2, 0) is 0 Å². The Kier molecular flexibility index (Phi) is 1.80. The van der Waals surface area contributed by atoms with E-state index in [-0.39, 0.29) is 0 Å². The van der Waals surface area contributed by atoms with Gasteiger partial charge in [-0.2, -0.15) is 4.52 Å². The summed E-state index contributed by atoms with van der Waals surface area (Å²) in [7, 11) is 0. The van der Waals surface area contributed by atoms with Crippen LogP contribution < -0.4 is 5.32 Å². The van der Waals surface area contributed by atoms with E-state index in [2.05, 4.69) is 32.7 Å². The molecule has 0 spiro atoms. The van der Waals surface area contributed by atoms with Crippen LogP contribution in [0.3, 0.4) is 0 Å². The molecule has 0 radical (unpaired) electrons. The second kappa shape index (κ2) is 3.15. The van der Waals surface area contributed by atoms with E-state index in [1.807, 2.05) is 0 Å². The number of rotatable bonds is 3. The highest BCUT2D eigenvalue weighted by molar-refractivity contribution is 5.43. The number of nitrogens with one attached hydrogen (secondary N) is 1. The normalized spacial score (nSPS) is 24.3. The molecule has 2 unspecified atom stereocenters. The Morgan fingerprint density at radius 2 is 2.40 bits per heavy atom. The highest BCUT2D eigenvalue weighted by Gasteiger charge is 2.32. The molecule has 15 heavy (non-hydrogen) atoms. The fourth-order valence-electron chi connectivity index (χ4n) is 1.72. The summed E-state index contributed by atoms with van der Waals surface area (Å²) in [5.41, 5.74) is 0.670. The second-order valence-corrected chi connectivity index (χ2v) is 4.10. The zero-order chi connectivity index (χ0) is 10.3. The maximum Gasteiger partial charge on any atom is 0.199 e. The lowest BCUT2D eigenvalue weighted by Gasteiger charge is -2.05. The number of fused-ring (bicyclic) bond motifs is 1. The number of hydrogen-bond acceptors (Lipinski definition) is 5. The van der Waals surface area contributed by atoms with Gasteiger partial charge in [-0.15, -0.1) is 5.10 Å². The molecule has 0 aromatic carbocycles. The number of nitrogens with zero attached hydrogens (tertiary/aromatic N) is 5. The molecule has 6 heteroatoms. The molecule has 1 fully saturated rings. The minimum atomic E-state index is 0.670. The van der Waals surface area contributed by atoms with Gasteiger partial charge in [0, 0.05) is 6.54 Å². The van der Waals surface area contributed by atoms with Gasteiger partial charge in [-0.05, 0) is 28.7 Å². The number of tetrazole rings is 1. The van der Waals surface area contributed by atoms with E-state index in [0.29, 0.717) is 5.65 Å². The van der Waals surface area contributed by atoms with E-state index in [9.17, 15) is 0 Å². The molecule has 1 saturated carbocycles. The lowest BCUT2D eigenvalue weighted by molar-refractivity contribution is 0.768. The van der Waals surface area contributed by atoms with Crippen LogP contribution in [0.5, 0.6) is 0 Å². The Bertz CT molecular complexity index is 478. The first-order valence-corrected chi connectivity index (χ1v) is 5.10. The van der Waals surface area contributed by atoms with Gasteiger partial charge in [0.15, 0.2) is 5.65 Å². The number of anilines is 1. The molecule has 2 aromatic heterocycles. The molecule has 0 aliphatic heterocycles. The van der Waals surface area contributed by atoms with Gasteiger partial charge in [0.1, 0.15) is 5.82 Å². The van der Waals surface area contributed by atoms with Crippen molar-refractivity contribution in [3.05, 3.63) is 12.4 Å². The molecule has 1 N–H and O–H groups in total. The van der Waals surface area contributed by atoms with Gasteiger partial charge in [0.05, 0.1) is 12.4 Å². The summed E-state index contributed by atoms with van der Waals surface area (Å²) in [5, 5.41) is 14.7. The lowest BCUT2D eigenvalue weighted by atomic mass is 10.3. The molecular weight excluding hydrogens is 192 g/mol. The van der Waals surface area contributed by atoms with Crippen LogP contribution in [0, 0.1) is 11.8 Å². The van der Waals surface area contributed by atoms with Gasteiger partial charge < -0.3 is 5.32 Å². The third-order valence-corrected chi connectivity index (χ3v) is 2.93. The predicted octanol–water partition coefficient (Wildman–Crippen LogP) is 0.587. The molecule has 2 heterocycles. The quantitative estimate of drug-likeness (QED) is 0.792. The van der Waals surface area contributed by atoms with Gasteiger partial charge in [-0.1, -0.05) is 6.92 Å². The van der Waals surface area contributed by atoms with Crippen molar-refractivity contribution in [2.24, 2.45) is 11.8 Å². The average molecular weight is 204 g/mol. The first-order valence-electron chi connectivity index (χ1n) is 5.10. The molecule has 1 aliphatic rings. The van der Waals surface area contributed by atoms with Crippen LogP contribution in [0.4, 0.5) is 5.82 Å². The zero-order valence-corrected chi connectivity index (χ0v) is 8.46. The van der Waals surface area contributed by atoms with Crippen molar-refractivity contribution in [1.82, 2.24) is 25.0 Å².